The first-order valence-electron chi connectivity index (χ1n) is 7.76. The Kier molecular flexibility index (Phi) is 7.40. The van der Waals surface area contributed by atoms with Crippen molar-refractivity contribution in [3.05, 3.63) is 0 Å². The summed E-state index contributed by atoms with van der Waals surface area (Å²) in [6.07, 6.45) is -0.309. The Labute approximate surface area is 123 Å². The van der Waals surface area contributed by atoms with Crippen molar-refractivity contribution < 1.29 is 14.9 Å². The van der Waals surface area contributed by atoms with E-state index >= 15 is 0 Å². The van der Waals surface area contributed by atoms with Crippen molar-refractivity contribution >= 4 is 0 Å². The van der Waals surface area contributed by atoms with E-state index in [-0.39, 0.29) is 18.3 Å². The Balaban J connectivity index is 2.42. The van der Waals surface area contributed by atoms with Crippen LogP contribution in [0.4, 0.5) is 0 Å². The van der Waals surface area contributed by atoms with Gasteiger partial charge in [0.25, 0.3) is 0 Å². The van der Waals surface area contributed by atoms with Gasteiger partial charge in [-0.25, -0.2) is 0 Å². The average molecular weight is 288 g/mol. The van der Waals surface area contributed by atoms with Gasteiger partial charge in [-0.15, -0.1) is 0 Å². The van der Waals surface area contributed by atoms with Gasteiger partial charge in [0.15, 0.2) is 0 Å². The highest BCUT2D eigenvalue weighted by Gasteiger charge is 2.25. The minimum Gasteiger partial charge on any atom is -0.392 e. The van der Waals surface area contributed by atoms with Gasteiger partial charge in [0.1, 0.15) is 0 Å². The summed E-state index contributed by atoms with van der Waals surface area (Å²) in [6, 6.07) is 0.321. The molecule has 4 unspecified atom stereocenters. The van der Waals surface area contributed by atoms with Crippen molar-refractivity contribution in [3.8, 4) is 0 Å². The largest absolute Gasteiger partial charge is 0.392 e. The van der Waals surface area contributed by atoms with Gasteiger partial charge >= 0.3 is 0 Å². The van der Waals surface area contributed by atoms with E-state index in [1.54, 1.807) is 6.92 Å². The van der Waals surface area contributed by atoms with Crippen molar-refractivity contribution in [2.75, 3.05) is 32.7 Å². The van der Waals surface area contributed by atoms with Crippen LogP contribution in [0.15, 0.2) is 0 Å². The summed E-state index contributed by atoms with van der Waals surface area (Å²) in [7, 11) is 0. The fourth-order valence-corrected chi connectivity index (χ4v) is 2.90. The van der Waals surface area contributed by atoms with Gasteiger partial charge < -0.3 is 14.9 Å². The number of hydrogen-bond donors (Lipinski definition) is 2. The SMILES string of the molecule is CC(O)CN(CC(O)CN1CC(C)OC(C)C1)C(C)C. The molecule has 0 aliphatic carbocycles. The molecule has 0 radical (unpaired) electrons. The first-order chi connectivity index (χ1) is 9.27. The zero-order valence-corrected chi connectivity index (χ0v) is 13.6. The van der Waals surface area contributed by atoms with Crippen LogP contribution in [0, 0.1) is 0 Å². The van der Waals surface area contributed by atoms with Gasteiger partial charge in [0, 0.05) is 38.8 Å². The number of aliphatic hydroxyl groups is 2. The van der Waals surface area contributed by atoms with E-state index < -0.39 is 6.10 Å². The molecule has 4 atom stereocenters. The number of hydrogen-bond acceptors (Lipinski definition) is 5. The maximum absolute atomic E-state index is 10.3. The molecule has 1 rings (SSSR count). The number of ether oxygens (including phenoxy) is 1. The minimum absolute atomic E-state index is 0.226. The Hall–Kier alpha value is -0.200. The highest BCUT2D eigenvalue weighted by atomic mass is 16.5. The molecule has 0 spiro atoms. The lowest BCUT2D eigenvalue weighted by Crippen LogP contribution is -2.50. The van der Waals surface area contributed by atoms with Gasteiger partial charge in [-0.2, -0.15) is 0 Å². The van der Waals surface area contributed by atoms with E-state index in [1.165, 1.54) is 0 Å². The molecular weight excluding hydrogens is 256 g/mol. The highest BCUT2D eigenvalue weighted by molar-refractivity contribution is 4.78. The normalized spacial score (nSPS) is 28.1. The third kappa shape index (κ3) is 6.50. The molecule has 20 heavy (non-hydrogen) atoms. The Bertz CT molecular complexity index is 264. The molecule has 2 N–H and O–H groups in total. The van der Waals surface area contributed by atoms with Crippen LogP contribution >= 0.6 is 0 Å². The number of morpholine rings is 1. The molecule has 0 saturated carbocycles. The highest BCUT2D eigenvalue weighted by Crippen LogP contribution is 2.11. The van der Waals surface area contributed by atoms with Gasteiger partial charge in [-0.3, -0.25) is 9.80 Å². The van der Waals surface area contributed by atoms with Crippen LogP contribution in [0.5, 0.6) is 0 Å². The van der Waals surface area contributed by atoms with Crippen LogP contribution in [0.25, 0.3) is 0 Å². The molecule has 1 aliphatic heterocycles. The first kappa shape index (κ1) is 17.9. The minimum atomic E-state index is -0.395. The van der Waals surface area contributed by atoms with Crippen LogP contribution in [-0.2, 0) is 4.74 Å². The standard InChI is InChI=1S/C15H32N2O3/c1-11(2)17(6-12(3)18)10-15(19)9-16-7-13(4)20-14(5)8-16/h11-15,18-19H,6-10H2,1-5H3. The van der Waals surface area contributed by atoms with Crippen molar-refractivity contribution in [1.29, 1.82) is 0 Å². The van der Waals surface area contributed by atoms with Crippen molar-refractivity contribution in [1.82, 2.24) is 9.80 Å². The Morgan fingerprint density at radius 3 is 2.10 bits per heavy atom. The van der Waals surface area contributed by atoms with Crippen molar-refractivity contribution in [2.45, 2.75) is 65.1 Å². The molecule has 1 fully saturated rings. The fourth-order valence-electron chi connectivity index (χ4n) is 2.90. The number of β-amino-alcohol motifs (C(OH)–C–C–N with tert-alkyl or cyclic N) is 1. The summed E-state index contributed by atoms with van der Waals surface area (Å²) in [5.41, 5.74) is 0. The van der Waals surface area contributed by atoms with Gasteiger partial charge in [-0.1, -0.05) is 0 Å². The summed E-state index contributed by atoms with van der Waals surface area (Å²) in [5.74, 6) is 0. The predicted molar refractivity (Wildman–Crippen MR) is 80.8 cm³/mol. The second-order valence-electron chi connectivity index (χ2n) is 6.53. The quantitative estimate of drug-likeness (QED) is 0.716. The Morgan fingerprint density at radius 1 is 1.10 bits per heavy atom. The van der Waals surface area contributed by atoms with Crippen LogP contribution in [0.1, 0.15) is 34.6 Å². The molecule has 0 aromatic heterocycles. The predicted octanol–water partition coefficient (Wildman–Crippen LogP) is 0.548. The van der Waals surface area contributed by atoms with Gasteiger partial charge in [-0.05, 0) is 34.6 Å². The molecule has 0 bridgehead atoms. The third-order valence-electron chi connectivity index (χ3n) is 3.64. The Morgan fingerprint density at radius 2 is 1.65 bits per heavy atom. The maximum atomic E-state index is 10.3. The third-order valence-corrected chi connectivity index (χ3v) is 3.64. The van der Waals surface area contributed by atoms with E-state index in [0.717, 1.165) is 13.1 Å². The molecular formula is C15H32N2O3. The van der Waals surface area contributed by atoms with E-state index in [0.29, 0.717) is 25.7 Å². The summed E-state index contributed by atoms with van der Waals surface area (Å²) in [4.78, 5) is 4.40. The summed E-state index contributed by atoms with van der Waals surface area (Å²) in [5, 5.41) is 19.8. The van der Waals surface area contributed by atoms with Crippen molar-refractivity contribution in [2.24, 2.45) is 0 Å². The maximum Gasteiger partial charge on any atom is 0.0793 e. The summed E-state index contributed by atoms with van der Waals surface area (Å²) < 4.78 is 5.70. The zero-order chi connectivity index (χ0) is 15.3. The molecule has 1 heterocycles. The van der Waals surface area contributed by atoms with Gasteiger partial charge in [0.2, 0.25) is 0 Å². The summed E-state index contributed by atoms with van der Waals surface area (Å²) >= 11 is 0. The lowest BCUT2D eigenvalue weighted by Gasteiger charge is -2.37. The molecule has 120 valence electrons. The number of aliphatic hydroxyl groups excluding tert-OH is 2. The van der Waals surface area contributed by atoms with Crippen LogP contribution < -0.4 is 0 Å². The number of rotatable bonds is 7. The fraction of sp³-hybridized carbons (Fsp3) is 1.00. The topological polar surface area (TPSA) is 56.2 Å². The van der Waals surface area contributed by atoms with Gasteiger partial charge in [0.05, 0.1) is 24.4 Å². The van der Waals surface area contributed by atoms with E-state index in [4.69, 9.17) is 4.74 Å². The lowest BCUT2D eigenvalue weighted by molar-refractivity contribution is -0.0788. The molecule has 0 aromatic carbocycles. The second kappa shape index (κ2) is 8.29. The molecule has 5 heteroatoms. The van der Waals surface area contributed by atoms with Crippen LogP contribution in [0.2, 0.25) is 0 Å². The van der Waals surface area contributed by atoms with E-state index in [2.05, 4.69) is 37.5 Å². The van der Waals surface area contributed by atoms with E-state index in [9.17, 15) is 10.2 Å². The molecule has 1 aliphatic rings. The number of nitrogens with zero attached hydrogens (tertiary/aromatic N) is 2. The first-order valence-corrected chi connectivity index (χ1v) is 7.76. The van der Waals surface area contributed by atoms with Crippen LogP contribution in [0.3, 0.4) is 0 Å². The average Bonchev–Trinajstić information content (AvgIpc) is 2.25. The molecule has 0 aromatic rings. The second-order valence-corrected chi connectivity index (χ2v) is 6.53. The monoisotopic (exact) mass is 288 g/mol. The molecule has 1 saturated heterocycles. The van der Waals surface area contributed by atoms with Crippen molar-refractivity contribution in [3.63, 3.8) is 0 Å². The zero-order valence-electron chi connectivity index (χ0n) is 13.6. The summed E-state index contributed by atoms with van der Waals surface area (Å²) in [6.45, 7) is 13.7. The smallest absolute Gasteiger partial charge is 0.0793 e. The lowest BCUT2D eigenvalue weighted by atomic mass is 10.2. The molecule has 0 amide bonds. The van der Waals surface area contributed by atoms with E-state index in [1.807, 2.05) is 0 Å². The molecule has 5 nitrogen and oxygen atoms in total. The van der Waals surface area contributed by atoms with Crippen LogP contribution in [-0.4, -0.2) is 83.2 Å².